The van der Waals surface area contributed by atoms with Crippen LogP contribution in [0.1, 0.15) is 28.9 Å². The van der Waals surface area contributed by atoms with Gasteiger partial charge in [0.05, 0.1) is 11.3 Å². The van der Waals surface area contributed by atoms with E-state index in [4.69, 9.17) is 5.73 Å². The maximum atomic E-state index is 11.6. The van der Waals surface area contributed by atoms with Gasteiger partial charge in [0.15, 0.2) is 0 Å². The van der Waals surface area contributed by atoms with Crippen LogP contribution in [-0.4, -0.2) is 28.8 Å². The fourth-order valence-corrected chi connectivity index (χ4v) is 1.39. The molecule has 84 valence electrons. The molecular weight excluding hydrogens is 192 g/mol. The number of hydrogen-bond donors (Lipinski definition) is 2. The smallest absolute Gasteiger partial charge is 0.254 e. The van der Waals surface area contributed by atoms with Crippen LogP contribution in [0.2, 0.25) is 0 Å². The van der Waals surface area contributed by atoms with E-state index < -0.39 is 0 Å². The van der Waals surface area contributed by atoms with Crippen molar-refractivity contribution in [3.8, 4) is 0 Å². The molecule has 5 heteroatoms. The van der Waals surface area contributed by atoms with E-state index in [0.717, 1.165) is 18.5 Å². The zero-order valence-corrected chi connectivity index (χ0v) is 9.29. The summed E-state index contributed by atoms with van der Waals surface area (Å²) in [5.74, 6) is -0.0578. The first-order chi connectivity index (χ1) is 7.15. The summed E-state index contributed by atoms with van der Waals surface area (Å²) in [4.78, 5) is 11.6. The molecule has 1 aromatic rings. The van der Waals surface area contributed by atoms with Gasteiger partial charge in [0.2, 0.25) is 0 Å². The zero-order valence-electron chi connectivity index (χ0n) is 9.29. The molecular formula is C10H18N4O. The second-order valence-electron chi connectivity index (χ2n) is 3.55. The molecule has 0 spiro atoms. The molecule has 0 radical (unpaired) electrons. The van der Waals surface area contributed by atoms with Crippen LogP contribution in [0.5, 0.6) is 0 Å². The number of hydrogen-bond acceptors (Lipinski definition) is 3. The number of amides is 1. The average molecular weight is 210 g/mol. The highest BCUT2D eigenvalue weighted by atomic mass is 16.1. The van der Waals surface area contributed by atoms with E-state index in [0.29, 0.717) is 18.7 Å². The first kappa shape index (κ1) is 11.7. The highest BCUT2D eigenvalue weighted by Gasteiger charge is 2.11. The Morgan fingerprint density at radius 3 is 2.87 bits per heavy atom. The van der Waals surface area contributed by atoms with Gasteiger partial charge < -0.3 is 11.1 Å². The summed E-state index contributed by atoms with van der Waals surface area (Å²) in [6, 6.07) is 0. The zero-order chi connectivity index (χ0) is 11.3. The number of unbranched alkanes of at least 4 members (excludes halogenated alkanes) is 1. The molecule has 1 heterocycles. The Morgan fingerprint density at radius 1 is 1.60 bits per heavy atom. The molecule has 5 nitrogen and oxygen atoms in total. The maximum absolute atomic E-state index is 11.6. The Hall–Kier alpha value is -1.36. The molecule has 0 bridgehead atoms. The number of carbonyl (C=O) groups excluding carboxylic acids is 1. The Labute approximate surface area is 89.6 Å². The van der Waals surface area contributed by atoms with Gasteiger partial charge in [0, 0.05) is 19.8 Å². The molecule has 1 amide bonds. The summed E-state index contributed by atoms with van der Waals surface area (Å²) < 4.78 is 1.64. The minimum Gasteiger partial charge on any atom is -0.352 e. The van der Waals surface area contributed by atoms with Crippen LogP contribution in [0.15, 0.2) is 6.20 Å². The van der Waals surface area contributed by atoms with Crippen LogP contribution in [-0.2, 0) is 7.05 Å². The number of aromatic nitrogens is 2. The van der Waals surface area contributed by atoms with E-state index in [1.54, 1.807) is 17.9 Å². The van der Waals surface area contributed by atoms with Gasteiger partial charge >= 0.3 is 0 Å². The summed E-state index contributed by atoms with van der Waals surface area (Å²) in [6.07, 6.45) is 3.58. The normalized spacial score (nSPS) is 10.3. The number of nitrogens with zero attached hydrogens (tertiary/aromatic N) is 2. The van der Waals surface area contributed by atoms with Crippen LogP contribution >= 0.6 is 0 Å². The third-order valence-electron chi connectivity index (χ3n) is 2.17. The van der Waals surface area contributed by atoms with Gasteiger partial charge in [0.25, 0.3) is 5.91 Å². The van der Waals surface area contributed by atoms with Crippen molar-refractivity contribution in [3.63, 3.8) is 0 Å². The second-order valence-corrected chi connectivity index (χ2v) is 3.55. The molecule has 0 aliphatic rings. The minimum absolute atomic E-state index is 0.0578. The van der Waals surface area contributed by atoms with Crippen molar-refractivity contribution in [1.82, 2.24) is 15.1 Å². The van der Waals surface area contributed by atoms with E-state index in [-0.39, 0.29) is 5.91 Å². The van der Waals surface area contributed by atoms with E-state index in [2.05, 4.69) is 10.4 Å². The number of carbonyl (C=O) groups is 1. The van der Waals surface area contributed by atoms with Crippen molar-refractivity contribution >= 4 is 5.91 Å². The number of nitrogens with one attached hydrogen (secondary N) is 1. The lowest BCUT2D eigenvalue weighted by atomic mass is 10.2. The predicted molar refractivity (Wildman–Crippen MR) is 58.6 cm³/mol. The minimum atomic E-state index is -0.0578. The third kappa shape index (κ3) is 3.36. The van der Waals surface area contributed by atoms with Crippen LogP contribution in [0, 0.1) is 6.92 Å². The molecule has 0 atom stereocenters. The van der Waals surface area contributed by atoms with E-state index in [1.807, 2.05) is 6.92 Å². The van der Waals surface area contributed by atoms with Crippen LogP contribution < -0.4 is 11.1 Å². The second kappa shape index (κ2) is 5.50. The van der Waals surface area contributed by atoms with Gasteiger partial charge in [-0.15, -0.1) is 0 Å². The van der Waals surface area contributed by atoms with Gasteiger partial charge in [-0.3, -0.25) is 9.48 Å². The van der Waals surface area contributed by atoms with Gasteiger partial charge in [-0.1, -0.05) is 0 Å². The Morgan fingerprint density at radius 2 is 2.33 bits per heavy atom. The molecule has 0 saturated carbocycles. The molecule has 0 aliphatic carbocycles. The standard InChI is InChI=1S/C10H18N4O/c1-8-9(7-14(2)13-8)10(15)12-6-4-3-5-11/h7H,3-6,11H2,1-2H3,(H,12,15). The SMILES string of the molecule is Cc1nn(C)cc1C(=O)NCCCCN. The summed E-state index contributed by atoms with van der Waals surface area (Å²) >= 11 is 0. The lowest BCUT2D eigenvalue weighted by Gasteiger charge is -2.02. The highest BCUT2D eigenvalue weighted by molar-refractivity contribution is 5.94. The van der Waals surface area contributed by atoms with Crippen LogP contribution in [0.4, 0.5) is 0 Å². The summed E-state index contributed by atoms with van der Waals surface area (Å²) in [5.41, 5.74) is 6.76. The Kier molecular flexibility index (Phi) is 4.30. The highest BCUT2D eigenvalue weighted by Crippen LogP contribution is 2.03. The first-order valence-corrected chi connectivity index (χ1v) is 5.13. The fraction of sp³-hybridized carbons (Fsp3) is 0.600. The summed E-state index contributed by atoms with van der Waals surface area (Å²) in [5, 5.41) is 6.95. The van der Waals surface area contributed by atoms with Crippen LogP contribution in [0.25, 0.3) is 0 Å². The van der Waals surface area contributed by atoms with Crippen molar-refractivity contribution in [2.45, 2.75) is 19.8 Å². The van der Waals surface area contributed by atoms with Crippen molar-refractivity contribution < 1.29 is 4.79 Å². The molecule has 1 rings (SSSR count). The third-order valence-corrected chi connectivity index (χ3v) is 2.17. The number of rotatable bonds is 5. The maximum Gasteiger partial charge on any atom is 0.254 e. The molecule has 3 N–H and O–H groups in total. The van der Waals surface area contributed by atoms with Crippen molar-refractivity contribution in [1.29, 1.82) is 0 Å². The molecule has 0 aromatic carbocycles. The number of nitrogens with two attached hydrogens (primary N) is 1. The molecule has 0 saturated heterocycles. The summed E-state index contributed by atoms with van der Waals surface area (Å²) in [7, 11) is 1.80. The lowest BCUT2D eigenvalue weighted by Crippen LogP contribution is -2.25. The Balaban J connectivity index is 2.43. The van der Waals surface area contributed by atoms with Gasteiger partial charge in [-0.05, 0) is 26.3 Å². The molecule has 0 fully saturated rings. The fourth-order valence-electron chi connectivity index (χ4n) is 1.39. The van der Waals surface area contributed by atoms with E-state index >= 15 is 0 Å². The molecule has 0 unspecified atom stereocenters. The van der Waals surface area contributed by atoms with Gasteiger partial charge in [-0.25, -0.2) is 0 Å². The quantitative estimate of drug-likeness (QED) is 0.682. The first-order valence-electron chi connectivity index (χ1n) is 5.13. The van der Waals surface area contributed by atoms with Crippen LogP contribution in [0.3, 0.4) is 0 Å². The van der Waals surface area contributed by atoms with E-state index in [1.165, 1.54) is 0 Å². The summed E-state index contributed by atoms with van der Waals surface area (Å²) in [6.45, 7) is 3.17. The molecule has 0 aliphatic heterocycles. The van der Waals surface area contributed by atoms with Crippen molar-refractivity contribution in [3.05, 3.63) is 17.5 Å². The van der Waals surface area contributed by atoms with Crippen molar-refractivity contribution in [2.75, 3.05) is 13.1 Å². The van der Waals surface area contributed by atoms with Gasteiger partial charge in [0.1, 0.15) is 0 Å². The molecule has 1 aromatic heterocycles. The van der Waals surface area contributed by atoms with Crippen molar-refractivity contribution in [2.24, 2.45) is 12.8 Å². The lowest BCUT2D eigenvalue weighted by molar-refractivity contribution is 0.0952. The van der Waals surface area contributed by atoms with E-state index in [9.17, 15) is 4.79 Å². The predicted octanol–water partition coefficient (Wildman–Crippen LogP) is 0.197. The Bertz CT molecular complexity index is 332. The van der Waals surface area contributed by atoms with Gasteiger partial charge in [-0.2, -0.15) is 5.10 Å². The average Bonchev–Trinajstić information content (AvgIpc) is 2.52. The monoisotopic (exact) mass is 210 g/mol. The largest absolute Gasteiger partial charge is 0.352 e. The number of aryl methyl sites for hydroxylation is 2. The molecule has 15 heavy (non-hydrogen) atoms. The topological polar surface area (TPSA) is 72.9 Å².